The minimum Gasteiger partial charge on any atom is -0.326 e. The standard InChI is InChI=1S/C23H28N4O4S/c28-20-15-18-16(7-4-8-19(18)24-20)9-14-32(30,31)27-12-10-23(11-13-27)22(29)25-21(26-23)17-5-2-1-3-6-17/h4,7-9,14,17H,1-3,5-6,10-13,15H2,(H,24,28)(H,25,26,29)/b14-9+. The topological polar surface area (TPSA) is 108 Å². The first-order chi connectivity index (χ1) is 15.4. The van der Waals surface area contributed by atoms with Gasteiger partial charge < -0.3 is 10.6 Å². The van der Waals surface area contributed by atoms with Gasteiger partial charge >= 0.3 is 0 Å². The molecule has 32 heavy (non-hydrogen) atoms. The van der Waals surface area contributed by atoms with Crippen molar-refractivity contribution < 1.29 is 18.0 Å². The number of amidine groups is 1. The van der Waals surface area contributed by atoms with Crippen LogP contribution in [-0.4, -0.2) is 49.0 Å². The van der Waals surface area contributed by atoms with Gasteiger partial charge in [0, 0.05) is 30.1 Å². The maximum Gasteiger partial charge on any atom is 0.253 e. The summed E-state index contributed by atoms with van der Waals surface area (Å²) >= 11 is 0. The third-order valence-corrected chi connectivity index (χ3v) is 8.71. The van der Waals surface area contributed by atoms with Gasteiger partial charge in [0.25, 0.3) is 5.91 Å². The third kappa shape index (κ3) is 3.88. The number of benzene rings is 1. The van der Waals surface area contributed by atoms with Crippen LogP contribution in [0.15, 0.2) is 28.6 Å². The summed E-state index contributed by atoms with van der Waals surface area (Å²) in [6.45, 7) is 0.517. The molecule has 1 saturated carbocycles. The second-order valence-corrected chi connectivity index (χ2v) is 11.0. The molecule has 0 aromatic heterocycles. The zero-order chi connectivity index (χ0) is 22.3. The van der Waals surface area contributed by atoms with Crippen molar-refractivity contribution in [3.8, 4) is 0 Å². The molecule has 9 heteroatoms. The molecule has 0 unspecified atom stereocenters. The highest BCUT2D eigenvalue weighted by molar-refractivity contribution is 7.92. The fourth-order valence-corrected chi connectivity index (χ4v) is 6.42. The van der Waals surface area contributed by atoms with E-state index in [4.69, 9.17) is 4.99 Å². The molecule has 5 rings (SSSR count). The molecule has 2 amide bonds. The fourth-order valence-electron chi connectivity index (χ4n) is 5.24. The van der Waals surface area contributed by atoms with Crippen molar-refractivity contribution >= 4 is 39.4 Å². The summed E-state index contributed by atoms with van der Waals surface area (Å²) in [5, 5.41) is 6.99. The molecule has 1 aromatic rings. The number of sulfonamides is 1. The van der Waals surface area contributed by atoms with Gasteiger partial charge in [-0.05, 0) is 49.0 Å². The molecule has 1 saturated heterocycles. The largest absolute Gasteiger partial charge is 0.326 e. The second-order valence-electron chi connectivity index (χ2n) is 9.16. The number of amides is 2. The zero-order valence-electron chi connectivity index (χ0n) is 18.0. The van der Waals surface area contributed by atoms with Crippen LogP contribution in [0.25, 0.3) is 6.08 Å². The number of fused-ring (bicyclic) bond motifs is 1. The monoisotopic (exact) mass is 456 g/mol. The van der Waals surface area contributed by atoms with Crippen LogP contribution in [0.4, 0.5) is 5.69 Å². The first-order valence-corrected chi connectivity index (χ1v) is 12.9. The highest BCUT2D eigenvalue weighted by Gasteiger charge is 2.48. The van der Waals surface area contributed by atoms with Gasteiger partial charge in [-0.15, -0.1) is 0 Å². The average Bonchev–Trinajstić information content (AvgIpc) is 3.33. The second kappa shape index (κ2) is 8.12. The predicted molar refractivity (Wildman–Crippen MR) is 122 cm³/mol. The van der Waals surface area contributed by atoms with Crippen molar-refractivity contribution in [2.45, 2.75) is 56.9 Å². The number of nitrogens with zero attached hydrogens (tertiary/aromatic N) is 2. The molecular formula is C23H28N4O4S. The predicted octanol–water partition coefficient (Wildman–Crippen LogP) is 2.42. The summed E-state index contributed by atoms with van der Waals surface area (Å²) in [5.41, 5.74) is 1.44. The molecule has 0 atom stereocenters. The van der Waals surface area contributed by atoms with E-state index in [2.05, 4.69) is 10.6 Å². The van der Waals surface area contributed by atoms with Crippen LogP contribution in [0.3, 0.4) is 0 Å². The molecule has 1 aliphatic carbocycles. The van der Waals surface area contributed by atoms with Gasteiger partial charge in [-0.2, -0.15) is 4.31 Å². The van der Waals surface area contributed by atoms with Crippen molar-refractivity contribution in [2.75, 3.05) is 18.4 Å². The number of piperidine rings is 1. The Bertz CT molecular complexity index is 1110. The van der Waals surface area contributed by atoms with E-state index in [-0.39, 0.29) is 31.3 Å². The molecule has 0 bridgehead atoms. The Morgan fingerprint density at radius 1 is 1.06 bits per heavy atom. The van der Waals surface area contributed by atoms with Gasteiger partial charge in [-0.3, -0.25) is 14.6 Å². The van der Waals surface area contributed by atoms with Gasteiger partial charge in [-0.1, -0.05) is 31.4 Å². The van der Waals surface area contributed by atoms with Crippen molar-refractivity contribution in [3.05, 3.63) is 34.7 Å². The Balaban J connectivity index is 1.27. The first kappa shape index (κ1) is 21.3. The molecule has 170 valence electrons. The molecule has 1 spiro atoms. The Morgan fingerprint density at radius 3 is 2.56 bits per heavy atom. The van der Waals surface area contributed by atoms with Crippen LogP contribution in [-0.2, 0) is 26.0 Å². The van der Waals surface area contributed by atoms with E-state index in [9.17, 15) is 18.0 Å². The number of rotatable bonds is 4. The summed E-state index contributed by atoms with van der Waals surface area (Å²) in [5.74, 6) is 0.966. The van der Waals surface area contributed by atoms with Crippen LogP contribution < -0.4 is 10.6 Å². The lowest BCUT2D eigenvalue weighted by Gasteiger charge is -2.34. The van der Waals surface area contributed by atoms with Crippen LogP contribution in [0, 0.1) is 5.92 Å². The lowest BCUT2D eigenvalue weighted by Crippen LogP contribution is -2.50. The van der Waals surface area contributed by atoms with Crippen LogP contribution in [0.1, 0.15) is 56.1 Å². The molecular weight excluding hydrogens is 428 g/mol. The van der Waals surface area contributed by atoms with E-state index in [1.165, 1.54) is 29.0 Å². The number of carbonyl (C=O) groups is 2. The Labute approximate surface area is 188 Å². The number of hydrogen-bond donors (Lipinski definition) is 2. The maximum atomic E-state index is 12.9. The van der Waals surface area contributed by atoms with Crippen molar-refractivity contribution in [3.63, 3.8) is 0 Å². The first-order valence-electron chi connectivity index (χ1n) is 11.4. The van der Waals surface area contributed by atoms with E-state index >= 15 is 0 Å². The molecule has 8 nitrogen and oxygen atoms in total. The molecule has 3 aliphatic heterocycles. The highest BCUT2D eigenvalue weighted by atomic mass is 32.2. The smallest absolute Gasteiger partial charge is 0.253 e. The van der Waals surface area contributed by atoms with Crippen LogP contribution in [0.5, 0.6) is 0 Å². The molecule has 3 heterocycles. The van der Waals surface area contributed by atoms with E-state index in [0.717, 1.165) is 35.5 Å². The average molecular weight is 457 g/mol. The molecule has 2 fully saturated rings. The van der Waals surface area contributed by atoms with E-state index in [1.54, 1.807) is 18.2 Å². The minimum absolute atomic E-state index is 0.0809. The SMILES string of the molecule is O=C1Cc2c(/C=C/S(=O)(=O)N3CCC4(CC3)N=C(C3CCCCC3)NC4=O)cccc2N1. The van der Waals surface area contributed by atoms with Gasteiger partial charge in [0.2, 0.25) is 15.9 Å². The van der Waals surface area contributed by atoms with Gasteiger partial charge in [-0.25, -0.2) is 8.42 Å². The number of hydrogen-bond acceptors (Lipinski definition) is 5. The van der Waals surface area contributed by atoms with E-state index in [0.29, 0.717) is 18.8 Å². The van der Waals surface area contributed by atoms with Gasteiger partial charge in [0.05, 0.1) is 6.42 Å². The third-order valence-electron chi connectivity index (χ3n) is 7.14. The Morgan fingerprint density at radius 2 is 1.81 bits per heavy atom. The lowest BCUT2D eigenvalue weighted by molar-refractivity contribution is -0.125. The number of aliphatic imine (C=N–C) groups is 1. The van der Waals surface area contributed by atoms with Crippen molar-refractivity contribution in [2.24, 2.45) is 10.9 Å². The summed E-state index contributed by atoms with van der Waals surface area (Å²) in [6, 6.07) is 5.41. The molecule has 2 N–H and O–H groups in total. The van der Waals surface area contributed by atoms with Crippen LogP contribution >= 0.6 is 0 Å². The quantitative estimate of drug-likeness (QED) is 0.725. The van der Waals surface area contributed by atoms with Crippen molar-refractivity contribution in [1.29, 1.82) is 0 Å². The lowest BCUT2D eigenvalue weighted by atomic mass is 9.88. The highest BCUT2D eigenvalue weighted by Crippen LogP contribution is 2.35. The van der Waals surface area contributed by atoms with Crippen LogP contribution in [0.2, 0.25) is 0 Å². The van der Waals surface area contributed by atoms with Gasteiger partial charge in [0.1, 0.15) is 11.4 Å². The summed E-state index contributed by atoms with van der Waals surface area (Å²) < 4.78 is 27.3. The maximum absolute atomic E-state index is 12.9. The summed E-state index contributed by atoms with van der Waals surface area (Å²) in [6.07, 6.45) is 8.28. The molecule has 4 aliphatic rings. The summed E-state index contributed by atoms with van der Waals surface area (Å²) in [7, 11) is -3.64. The zero-order valence-corrected chi connectivity index (χ0v) is 18.8. The fraction of sp³-hybridized carbons (Fsp3) is 0.522. The van der Waals surface area contributed by atoms with Crippen molar-refractivity contribution in [1.82, 2.24) is 9.62 Å². The number of nitrogens with one attached hydrogen (secondary N) is 2. The van der Waals surface area contributed by atoms with Gasteiger partial charge in [0.15, 0.2) is 0 Å². The van der Waals surface area contributed by atoms with E-state index < -0.39 is 15.6 Å². The normalized spacial score (nSPS) is 23.9. The minimum atomic E-state index is -3.64. The number of anilines is 1. The Kier molecular flexibility index (Phi) is 5.41. The molecule has 1 aromatic carbocycles. The van der Waals surface area contributed by atoms with E-state index in [1.807, 2.05) is 6.07 Å². The molecule has 0 radical (unpaired) electrons. The summed E-state index contributed by atoms with van der Waals surface area (Å²) in [4.78, 5) is 29.3. The number of carbonyl (C=O) groups excluding carboxylic acids is 2. The Hall–Kier alpha value is -2.52.